The molecule has 1 saturated carbocycles. The summed E-state index contributed by atoms with van der Waals surface area (Å²) in [7, 11) is 1.42. The maximum Gasteiger partial charge on any atom is 0.330 e. The summed E-state index contributed by atoms with van der Waals surface area (Å²) in [5, 5.41) is 0. The zero-order chi connectivity index (χ0) is 10.2. The van der Waals surface area contributed by atoms with Crippen molar-refractivity contribution >= 4 is 5.97 Å². The topological polar surface area (TPSA) is 26.3 Å². The molecular formula is C11H18O2. The maximum atomic E-state index is 11.1. The second-order valence-corrected chi connectivity index (χ2v) is 4.42. The Kier molecular flexibility index (Phi) is 2.51. The molecule has 1 aliphatic rings. The molecular weight excluding hydrogens is 164 g/mol. The van der Waals surface area contributed by atoms with Gasteiger partial charge in [0, 0.05) is 6.08 Å². The summed E-state index contributed by atoms with van der Waals surface area (Å²) in [6.45, 7) is 8.73. The summed E-state index contributed by atoms with van der Waals surface area (Å²) in [5.74, 6) is 0.916. The average molecular weight is 182 g/mol. The van der Waals surface area contributed by atoms with Crippen molar-refractivity contribution in [1.29, 1.82) is 0 Å². The molecule has 1 rings (SSSR count). The largest absolute Gasteiger partial charge is 0.466 e. The first-order chi connectivity index (χ1) is 5.91. The summed E-state index contributed by atoms with van der Waals surface area (Å²) >= 11 is 0. The minimum absolute atomic E-state index is 0.160. The molecule has 0 aromatic heterocycles. The molecule has 0 amide bonds. The minimum Gasteiger partial charge on any atom is -0.466 e. The van der Waals surface area contributed by atoms with Crippen LogP contribution < -0.4 is 0 Å². The molecule has 0 unspecified atom stereocenters. The molecule has 2 atom stereocenters. The van der Waals surface area contributed by atoms with E-state index in [0.29, 0.717) is 11.8 Å². The van der Waals surface area contributed by atoms with Crippen LogP contribution in [0.5, 0.6) is 0 Å². The van der Waals surface area contributed by atoms with Gasteiger partial charge in [0.1, 0.15) is 0 Å². The van der Waals surface area contributed by atoms with Gasteiger partial charge in [0.05, 0.1) is 7.11 Å². The lowest BCUT2D eigenvalue weighted by atomic mass is 9.53. The van der Waals surface area contributed by atoms with Crippen molar-refractivity contribution in [2.75, 3.05) is 7.11 Å². The number of rotatable bonds is 1. The van der Waals surface area contributed by atoms with Crippen LogP contribution in [0.2, 0.25) is 0 Å². The van der Waals surface area contributed by atoms with Crippen LogP contribution in [0.1, 0.15) is 27.7 Å². The third-order valence-electron chi connectivity index (χ3n) is 3.60. The van der Waals surface area contributed by atoms with E-state index in [4.69, 9.17) is 0 Å². The molecule has 2 heteroatoms. The molecule has 0 aliphatic heterocycles. The van der Waals surface area contributed by atoms with E-state index in [-0.39, 0.29) is 11.4 Å². The molecule has 1 fully saturated rings. The highest BCUT2D eigenvalue weighted by Gasteiger charge is 2.46. The predicted molar refractivity (Wildman–Crippen MR) is 52.2 cm³/mol. The Morgan fingerprint density at radius 2 is 2.00 bits per heavy atom. The van der Waals surface area contributed by atoms with Crippen LogP contribution in [0.25, 0.3) is 0 Å². The Hall–Kier alpha value is -0.790. The molecule has 13 heavy (non-hydrogen) atoms. The van der Waals surface area contributed by atoms with Crippen molar-refractivity contribution in [3.63, 3.8) is 0 Å². The van der Waals surface area contributed by atoms with Crippen LogP contribution in [0.4, 0.5) is 0 Å². The van der Waals surface area contributed by atoms with Gasteiger partial charge in [0.2, 0.25) is 0 Å². The van der Waals surface area contributed by atoms with Gasteiger partial charge >= 0.3 is 5.97 Å². The maximum absolute atomic E-state index is 11.1. The number of allylic oxidation sites excluding steroid dienone is 1. The van der Waals surface area contributed by atoms with E-state index in [1.165, 1.54) is 12.7 Å². The second-order valence-electron chi connectivity index (χ2n) is 4.42. The van der Waals surface area contributed by atoms with E-state index < -0.39 is 0 Å². The number of carbonyl (C=O) groups excluding carboxylic acids is 1. The van der Waals surface area contributed by atoms with Crippen LogP contribution in [0.15, 0.2) is 11.6 Å². The predicted octanol–water partition coefficient (Wildman–Crippen LogP) is 2.40. The van der Waals surface area contributed by atoms with Crippen LogP contribution in [-0.2, 0) is 9.53 Å². The van der Waals surface area contributed by atoms with Gasteiger partial charge in [-0.15, -0.1) is 0 Å². The van der Waals surface area contributed by atoms with Gasteiger partial charge in [-0.2, -0.15) is 0 Å². The van der Waals surface area contributed by atoms with E-state index in [2.05, 4.69) is 32.4 Å². The van der Waals surface area contributed by atoms with E-state index >= 15 is 0 Å². The summed E-state index contributed by atoms with van der Waals surface area (Å²) in [5.41, 5.74) is 1.38. The Balaban J connectivity index is 2.83. The van der Waals surface area contributed by atoms with E-state index in [0.717, 1.165) is 0 Å². The van der Waals surface area contributed by atoms with Crippen molar-refractivity contribution in [3.05, 3.63) is 11.6 Å². The third-order valence-corrected chi connectivity index (χ3v) is 3.60. The lowest BCUT2D eigenvalue weighted by Crippen LogP contribution is -2.44. The molecule has 0 bridgehead atoms. The second kappa shape index (κ2) is 3.17. The summed E-state index contributed by atoms with van der Waals surface area (Å²) in [6, 6.07) is 0. The number of ether oxygens (including phenoxy) is 1. The standard InChI is InChI=1S/C11H18O2/c1-7-8(2)11(3,4)9(7)6-10(12)13-5/h6-8H,1-5H3/b9-6+/t7-,8-/m0/s1. The molecule has 0 aromatic rings. The first-order valence-corrected chi connectivity index (χ1v) is 4.71. The zero-order valence-corrected chi connectivity index (χ0v) is 9.05. The zero-order valence-electron chi connectivity index (χ0n) is 9.05. The highest BCUT2D eigenvalue weighted by atomic mass is 16.5. The van der Waals surface area contributed by atoms with Crippen LogP contribution >= 0.6 is 0 Å². The number of hydrogen-bond donors (Lipinski definition) is 0. The molecule has 0 heterocycles. The SMILES string of the molecule is COC(=O)/C=C1\[C@@H](C)[C@H](C)C1(C)C. The molecule has 0 aromatic carbocycles. The van der Waals surface area contributed by atoms with Gasteiger partial charge in [-0.05, 0) is 17.3 Å². The first kappa shape index (κ1) is 10.3. The van der Waals surface area contributed by atoms with Gasteiger partial charge in [-0.25, -0.2) is 4.79 Å². The average Bonchev–Trinajstić information content (AvgIpc) is 2.11. The van der Waals surface area contributed by atoms with E-state index in [1.54, 1.807) is 6.08 Å². The molecule has 0 spiro atoms. The molecule has 74 valence electrons. The van der Waals surface area contributed by atoms with Gasteiger partial charge in [0.15, 0.2) is 0 Å². The molecule has 0 radical (unpaired) electrons. The van der Waals surface area contributed by atoms with Crippen molar-refractivity contribution in [1.82, 2.24) is 0 Å². The fraction of sp³-hybridized carbons (Fsp3) is 0.727. The summed E-state index contributed by atoms with van der Waals surface area (Å²) < 4.78 is 4.62. The lowest BCUT2D eigenvalue weighted by Gasteiger charge is -2.51. The quantitative estimate of drug-likeness (QED) is 0.460. The van der Waals surface area contributed by atoms with Crippen molar-refractivity contribution in [3.8, 4) is 0 Å². The normalized spacial score (nSPS) is 34.1. The van der Waals surface area contributed by atoms with Crippen LogP contribution in [0, 0.1) is 17.3 Å². The Morgan fingerprint density at radius 1 is 1.46 bits per heavy atom. The third kappa shape index (κ3) is 1.50. The van der Waals surface area contributed by atoms with Crippen LogP contribution in [-0.4, -0.2) is 13.1 Å². The van der Waals surface area contributed by atoms with Gasteiger partial charge in [0.25, 0.3) is 0 Å². The minimum atomic E-state index is -0.234. The fourth-order valence-corrected chi connectivity index (χ4v) is 2.15. The highest BCUT2D eigenvalue weighted by molar-refractivity contribution is 5.83. The molecule has 0 saturated heterocycles. The van der Waals surface area contributed by atoms with Crippen molar-refractivity contribution in [2.45, 2.75) is 27.7 Å². The van der Waals surface area contributed by atoms with Gasteiger partial charge < -0.3 is 4.74 Å². The highest BCUT2D eigenvalue weighted by Crippen LogP contribution is 2.54. The Bertz CT molecular complexity index is 251. The summed E-state index contributed by atoms with van der Waals surface area (Å²) in [6.07, 6.45) is 1.64. The number of carbonyl (C=O) groups is 1. The molecule has 1 aliphatic carbocycles. The van der Waals surface area contributed by atoms with E-state index in [1.807, 2.05) is 0 Å². The van der Waals surface area contributed by atoms with Gasteiger partial charge in [-0.1, -0.05) is 33.3 Å². The lowest BCUT2D eigenvalue weighted by molar-refractivity contribution is -0.135. The molecule has 2 nitrogen and oxygen atoms in total. The number of methoxy groups -OCH3 is 1. The van der Waals surface area contributed by atoms with Crippen LogP contribution in [0.3, 0.4) is 0 Å². The van der Waals surface area contributed by atoms with Crippen molar-refractivity contribution in [2.24, 2.45) is 17.3 Å². The fourth-order valence-electron chi connectivity index (χ4n) is 2.15. The smallest absolute Gasteiger partial charge is 0.330 e. The number of hydrogen-bond acceptors (Lipinski definition) is 2. The Labute approximate surface area is 80.0 Å². The molecule has 0 N–H and O–H groups in total. The van der Waals surface area contributed by atoms with Gasteiger partial charge in [-0.3, -0.25) is 0 Å². The first-order valence-electron chi connectivity index (χ1n) is 4.71. The number of esters is 1. The Morgan fingerprint density at radius 3 is 2.38 bits per heavy atom. The van der Waals surface area contributed by atoms with Crippen molar-refractivity contribution < 1.29 is 9.53 Å². The van der Waals surface area contributed by atoms with E-state index in [9.17, 15) is 4.79 Å². The monoisotopic (exact) mass is 182 g/mol. The summed E-state index contributed by atoms with van der Waals surface area (Å²) in [4.78, 5) is 11.1.